The molecule has 176 valence electrons. The highest BCUT2D eigenvalue weighted by Crippen LogP contribution is 2.28. The van der Waals surface area contributed by atoms with Crippen LogP contribution in [-0.4, -0.2) is 68.9 Å². The highest BCUT2D eigenvalue weighted by atomic mass is 32.1. The topological polar surface area (TPSA) is 109 Å². The predicted molar refractivity (Wildman–Crippen MR) is 120 cm³/mol. The summed E-state index contributed by atoms with van der Waals surface area (Å²) in [4.78, 5) is 26.5. The fourth-order valence-electron chi connectivity index (χ4n) is 3.07. The van der Waals surface area contributed by atoms with E-state index in [0.717, 1.165) is 0 Å². The average molecular weight is 472 g/mol. The molecule has 1 fully saturated rings. The van der Waals surface area contributed by atoms with Crippen LogP contribution < -0.4 is 21.3 Å². The molecule has 0 aromatic heterocycles. The van der Waals surface area contributed by atoms with Gasteiger partial charge >= 0.3 is 5.97 Å². The van der Waals surface area contributed by atoms with Gasteiger partial charge < -0.3 is 35.6 Å². The lowest BCUT2D eigenvalue weighted by Gasteiger charge is -2.36. The Bertz CT molecular complexity index is 853. The van der Waals surface area contributed by atoms with Crippen molar-refractivity contribution in [3.8, 4) is 0 Å². The summed E-state index contributed by atoms with van der Waals surface area (Å²) in [5, 5.41) is 5.66. The third-order valence-electron chi connectivity index (χ3n) is 4.78. The Morgan fingerprint density at radius 3 is 2.31 bits per heavy atom. The van der Waals surface area contributed by atoms with E-state index in [4.69, 9.17) is 22.7 Å². The number of halogens is 2. The summed E-state index contributed by atoms with van der Waals surface area (Å²) in [5.41, 5.74) is 6.19. The summed E-state index contributed by atoms with van der Waals surface area (Å²) in [5.74, 6) is -2.12. The molecular formula is C20H27F2N5O4S. The molecule has 0 unspecified atom stereocenters. The van der Waals surface area contributed by atoms with E-state index in [1.165, 1.54) is 32.6 Å². The van der Waals surface area contributed by atoms with Crippen LogP contribution >= 0.6 is 12.2 Å². The number of methoxy groups -OCH3 is 2. The van der Waals surface area contributed by atoms with Gasteiger partial charge in [-0.1, -0.05) is 0 Å². The van der Waals surface area contributed by atoms with E-state index in [1.54, 1.807) is 9.80 Å². The highest BCUT2D eigenvalue weighted by Gasteiger charge is 2.25. The summed E-state index contributed by atoms with van der Waals surface area (Å²) in [6, 6.07) is 2.34. The molecule has 1 saturated heterocycles. The molecule has 32 heavy (non-hydrogen) atoms. The molecular weight excluding hydrogens is 444 g/mol. The Morgan fingerprint density at radius 2 is 1.75 bits per heavy atom. The molecule has 1 heterocycles. The Kier molecular flexibility index (Phi) is 9.44. The van der Waals surface area contributed by atoms with Crippen LogP contribution in [0.1, 0.15) is 12.8 Å². The number of nitrogens with one attached hydrogen (secondary N) is 2. The second kappa shape index (κ2) is 12.0. The molecule has 0 radical (unpaired) electrons. The van der Waals surface area contributed by atoms with E-state index < -0.39 is 17.6 Å². The minimum atomic E-state index is -0.733. The van der Waals surface area contributed by atoms with Crippen molar-refractivity contribution in [1.82, 2.24) is 10.2 Å². The second-order valence-electron chi connectivity index (χ2n) is 6.94. The van der Waals surface area contributed by atoms with Crippen molar-refractivity contribution in [3.05, 3.63) is 35.7 Å². The number of piperazine rings is 1. The normalized spacial score (nSPS) is 14.1. The Hall–Kier alpha value is -3.15. The van der Waals surface area contributed by atoms with Gasteiger partial charge in [0.05, 0.1) is 27.2 Å². The summed E-state index contributed by atoms with van der Waals surface area (Å²) in [6.07, 6.45) is 1.44. The number of benzene rings is 1. The van der Waals surface area contributed by atoms with Crippen molar-refractivity contribution in [2.24, 2.45) is 5.73 Å². The van der Waals surface area contributed by atoms with Gasteiger partial charge in [0, 0.05) is 50.2 Å². The van der Waals surface area contributed by atoms with E-state index in [2.05, 4.69) is 15.4 Å². The van der Waals surface area contributed by atoms with Crippen molar-refractivity contribution >= 4 is 40.6 Å². The second-order valence-corrected chi connectivity index (χ2v) is 7.31. The Labute approximate surface area is 190 Å². The number of carbonyl (C=O) groups excluding carboxylic acids is 2. The average Bonchev–Trinajstić information content (AvgIpc) is 2.79. The number of rotatable bonds is 8. The number of amides is 1. The Morgan fingerprint density at radius 1 is 1.12 bits per heavy atom. The first-order chi connectivity index (χ1) is 15.2. The standard InChI is InChI=1S/C20H27F2N5O4S/c1-30-18(29)4-3-17(28)26-5-7-27(8-6-26)19-15(21)9-14(10-16(19)22)24-11-13(23)12-25-20(32)31-2/h9-11,24H,3-8,12,23H2,1-2H3,(H,25,32)/b13-11-. The van der Waals surface area contributed by atoms with Crippen LogP contribution in [0.4, 0.5) is 20.2 Å². The van der Waals surface area contributed by atoms with E-state index >= 15 is 0 Å². The van der Waals surface area contributed by atoms with E-state index in [0.29, 0.717) is 18.8 Å². The van der Waals surface area contributed by atoms with Gasteiger partial charge in [0.2, 0.25) is 5.91 Å². The zero-order valence-electron chi connectivity index (χ0n) is 18.0. The quantitative estimate of drug-likeness (QED) is 0.382. The van der Waals surface area contributed by atoms with Crippen molar-refractivity contribution in [1.29, 1.82) is 0 Å². The number of nitrogens with two attached hydrogens (primary N) is 1. The fourth-order valence-corrected chi connectivity index (χ4v) is 3.15. The molecule has 4 N–H and O–H groups in total. The number of esters is 1. The molecule has 1 aromatic rings. The van der Waals surface area contributed by atoms with Crippen LogP contribution in [0, 0.1) is 11.6 Å². The number of thiocarbonyl (C=S) groups is 1. The van der Waals surface area contributed by atoms with Crippen molar-refractivity contribution in [2.45, 2.75) is 12.8 Å². The number of carbonyl (C=O) groups is 2. The van der Waals surface area contributed by atoms with Gasteiger partial charge in [-0.05, 0) is 24.4 Å². The van der Waals surface area contributed by atoms with Crippen LogP contribution in [-0.2, 0) is 19.1 Å². The van der Waals surface area contributed by atoms with Gasteiger partial charge in [0.25, 0.3) is 5.17 Å². The van der Waals surface area contributed by atoms with E-state index in [1.807, 2.05) is 0 Å². The van der Waals surface area contributed by atoms with Crippen LogP contribution in [0.25, 0.3) is 0 Å². The lowest BCUT2D eigenvalue weighted by Crippen LogP contribution is -2.49. The van der Waals surface area contributed by atoms with Gasteiger partial charge in [0.1, 0.15) is 5.69 Å². The van der Waals surface area contributed by atoms with Gasteiger partial charge in [-0.2, -0.15) is 0 Å². The third-order valence-corrected chi connectivity index (χ3v) is 5.09. The SMILES string of the molecule is COC(=O)CCC(=O)N1CCN(c2c(F)cc(N/C=C(\N)CNC(=S)OC)cc2F)CC1. The van der Waals surface area contributed by atoms with Crippen molar-refractivity contribution in [2.75, 3.05) is 57.2 Å². The smallest absolute Gasteiger partial charge is 0.306 e. The third kappa shape index (κ3) is 7.22. The van der Waals surface area contributed by atoms with Crippen LogP contribution in [0.3, 0.4) is 0 Å². The maximum atomic E-state index is 14.7. The molecule has 1 amide bonds. The van der Waals surface area contributed by atoms with Gasteiger partial charge in [-0.15, -0.1) is 0 Å². The molecule has 9 nitrogen and oxygen atoms in total. The predicted octanol–water partition coefficient (Wildman–Crippen LogP) is 1.30. The zero-order valence-corrected chi connectivity index (χ0v) is 18.8. The van der Waals surface area contributed by atoms with Crippen LogP contribution in [0.15, 0.2) is 24.0 Å². The fraction of sp³-hybridized carbons (Fsp3) is 0.450. The van der Waals surface area contributed by atoms with Gasteiger partial charge in [0.15, 0.2) is 11.6 Å². The van der Waals surface area contributed by atoms with E-state index in [9.17, 15) is 18.4 Å². The first-order valence-electron chi connectivity index (χ1n) is 9.86. The maximum Gasteiger partial charge on any atom is 0.306 e. The zero-order chi connectivity index (χ0) is 23.7. The largest absolute Gasteiger partial charge is 0.474 e. The van der Waals surface area contributed by atoms with Crippen LogP contribution in [0.5, 0.6) is 0 Å². The number of hydrogen-bond donors (Lipinski definition) is 3. The number of hydrogen-bond acceptors (Lipinski definition) is 8. The minimum Gasteiger partial charge on any atom is -0.474 e. The first kappa shape index (κ1) is 25.1. The molecule has 1 aromatic carbocycles. The number of nitrogens with zero attached hydrogens (tertiary/aromatic N) is 2. The summed E-state index contributed by atoms with van der Waals surface area (Å²) >= 11 is 4.83. The lowest BCUT2D eigenvalue weighted by molar-refractivity contribution is -0.143. The number of anilines is 2. The summed E-state index contributed by atoms with van der Waals surface area (Å²) < 4.78 is 38.7. The molecule has 0 atom stereocenters. The molecule has 1 aliphatic rings. The first-order valence-corrected chi connectivity index (χ1v) is 10.3. The molecule has 0 aliphatic carbocycles. The molecule has 2 rings (SSSR count). The van der Waals surface area contributed by atoms with Gasteiger partial charge in [-0.3, -0.25) is 9.59 Å². The Balaban J connectivity index is 1.94. The summed E-state index contributed by atoms with van der Waals surface area (Å²) in [6.45, 7) is 1.33. The molecule has 0 saturated carbocycles. The van der Waals surface area contributed by atoms with Crippen molar-refractivity contribution in [3.63, 3.8) is 0 Å². The molecule has 1 aliphatic heterocycles. The van der Waals surface area contributed by atoms with Crippen molar-refractivity contribution < 1.29 is 27.8 Å². The van der Waals surface area contributed by atoms with Gasteiger partial charge in [-0.25, -0.2) is 8.78 Å². The lowest BCUT2D eigenvalue weighted by atomic mass is 10.2. The molecule has 0 bridgehead atoms. The van der Waals surface area contributed by atoms with Crippen LogP contribution in [0.2, 0.25) is 0 Å². The summed E-state index contributed by atoms with van der Waals surface area (Å²) in [7, 11) is 2.68. The number of ether oxygens (including phenoxy) is 2. The monoisotopic (exact) mass is 471 g/mol. The molecule has 0 spiro atoms. The minimum absolute atomic E-state index is 0.00134. The maximum absolute atomic E-state index is 14.7. The van der Waals surface area contributed by atoms with E-state index in [-0.39, 0.29) is 54.9 Å². The molecule has 12 heteroatoms. The highest BCUT2D eigenvalue weighted by molar-refractivity contribution is 7.80.